The molecule has 0 saturated heterocycles. The van der Waals surface area contributed by atoms with E-state index >= 15 is 0 Å². The van der Waals surface area contributed by atoms with Crippen molar-refractivity contribution in [2.24, 2.45) is 0 Å². The number of hydrogen-bond acceptors (Lipinski definition) is 4. The second-order valence-electron chi connectivity index (χ2n) is 9.84. The van der Waals surface area contributed by atoms with Crippen molar-refractivity contribution in [3.63, 3.8) is 0 Å². The Bertz CT molecular complexity index is 1470. The average Bonchev–Trinajstić information content (AvgIpc) is 2.86. The maximum absolute atomic E-state index is 14.1. The molecular weight excluding hydrogens is 593 g/mol. The predicted molar refractivity (Wildman–Crippen MR) is 163 cm³/mol. The number of halogens is 3. The van der Waals surface area contributed by atoms with Crippen LogP contribution in [0.3, 0.4) is 0 Å². The zero-order valence-corrected chi connectivity index (χ0v) is 25.8. The monoisotopic (exact) mass is 623 g/mol. The van der Waals surface area contributed by atoms with Gasteiger partial charge < -0.3 is 10.2 Å². The van der Waals surface area contributed by atoms with Crippen LogP contribution in [-0.2, 0) is 32.6 Å². The minimum Gasteiger partial charge on any atom is -0.352 e. The van der Waals surface area contributed by atoms with E-state index in [1.54, 1.807) is 43.3 Å². The van der Waals surface area contributed by atoms with E-state index < -0.39 is 28.5 Å². The normalized spacial score (nSPS) is 12.2. The number of anilines is 1. The van der Waals surface area contributed by atoms with Crippen LogP contribution in [0.2, 0.25) is 15.1 Å². The standard InChI is InChI=1S/C29H32Cl3N3O4S/c1-19(2)33-29(37)27(16-21-8-6-5-7-9-21)34(17-22-10-12-24(31)25(32)15-22)28(36)18-35(40(4,38)39)26-13-11-23(30)14-20(26)3/h5-15,19,27H,16-18H2,1-4H3,(H,33,37)/t27-/m1/s1. The van der Waals surface area contributed by atoms with Crippen LogP contribution in [0.15, 0.2) is 66.7 Å². The first-order valence-corrected chi connectivity index (χ1v) is 15.6. The van der Waals surface area contributed by atoms with E-state index in [-0.39, 0.29) is 24.9 Å². The second kappa shape index (κ2) is 13.7. The number of nitrogens with one attached hydrogen (secondary N) is 1. The highest BCUT2D eigenvalue weighted by atomic mass is 35.5. The number of carbonyl (C=O) groups excluding carboxylic acids is 2. The van der Waals surface area contributed by atoms with Crippen molar-refractivity contribution in [1.29, 1.82) is 0 Å². The van der Waals surface area contributed by atoms with Crippen LogP contribution in [0.25, 0.3) is 0 Å². The number of benzene rings is 3. The average molecular weight is 625 g/mol. The quantitative estimate of drug-likeness (QED) is 0.289. The minimum atomic E-state index is -3.89. The Morgan fingerprint density at radius 2 is 1.57 bits per heavy atom. The summed E-state index contributed by atoms with van der Waals surface area (Å²) in [6, 6.07) is 17.9. The van der Waals surface area contributed by atoms with Crippen LogP contribution < -0.4 is 9.62 Å². The molecule has 0 bridgehead atoms. The van der Waals surface area contributed by atoms with Gasteiger partial charge in [-0.2, -0.15) is 0 Å². The molecule has 7 nitrogen and oxygen atoms in total. The van der Waals surface area contributed by atoms with Gasteiger partial charge in [0, 0.05) is 24.0 Å². The summed E-state index contributed by atoms with van der Waals surface area (Å²) in [5.41, 5.74) is 2.37. The number of sulfonamides is 1. The first kappa shape index (κ1) is 31.7. The van der Waals surface area contributed by atoms with Gasteiger partial charge in [0.05, 0.1) is 22.0 Å². The van der Waals surface area contributed by atoms with Gasteiger partial charge in [-0.25, -0.2) is 8.42 Å². The Labute approximate surface area is 251 Å². The maximum Gasteiger partial charge on any atom is 0.244 e. The van der Waals surface area contributed by atoms with Crippen LogP contribution in [0.4, 0.5) is 5.69 Å². The molecule has 214 valence electrons. The van der Waals surface area contributed by atoms with Gasteiger partial charge in [-0.3, -0.25) is 13.9 Å². The molecule has 0 radical (unpaired) electrons. The molecule has 11 heteroatoms. The van der Waals surface area contributed by atoms with Gasteiger partial charge in [-0.15, -0.1) is 0 Å². The summed E-state index contributed by atoms with van der Waals surface area (Å²) in [6.45, 7) is 4.85. The third-order valence-corrected chi connectivity index (χ3v) is 8.25. The third kappa shape index (κ3) is 8.61. The summed E-state index contributed by atoms with van der Waals surface area (Å²) < 4.78 is 26.9. The van der Waals surface area contributed by atoms with E-state index in [0.29, 0.717) is 31.9 Å². The van der Waals surface area contributed by atoms with Crippen LogP contribution >= 0.6 is 34.8 Å². The largest absolute Gasteiger partial charge is 0.352 e. The summed E-state index contributed by atoms with van der Waals surface area (Å²) in [7, 11) is -3.89. The fourth-order valence-corrected chi connectivity index (χ4v) is 5.72. The molecule has 0 saturated carbocycles. The lowest BCUT2D eigenvalue weighted by atomic mass is 10.0. The molecule has 0 aliphatic carbocycles. The summed E-state index contributed by atoms with van der Waals surface area (Å²) in [5, 5.41) is 4.00. The van der Waals surface area contributed by atoms with E-state index in [9.17, 15) is 18.0 Å². The molecule has 2 amide bonds. The molecule has 0 aliphatic rings. The van der Waals surface area contributed by atoms with Crippen molar-refractivity contribution in [3.8, 4) is 0 Å². The maximum atomic E-state index is 14.1. The highest BCUT2D eigenvalue weighted by molar-refractivity contribution is 7.92. The summed E-state index contributed by atoms with van der Waals surface area (Å²) in [4.78, 5) is 29.0. The summed E-state index contributed by atoms with van der Waals surface area (Å²) in [5.74, 6) is -0.925. The molecule has 40 heavy (non-hydrogen) atoms. The molecule has 0 aromatic heterocycles. The number of nitrogens with zero attached hydrogens (tertiary/aromatic N) is 2. The van der Waals surface area contributed by atoms with Crippen LogP contribution in [0.1, 0.15) is 30.5 Å². The molecule has 0 spiro atoms. The fourth-order valence-electron chi connectivity index (χ4n) is 4.26. The number of aryl methyl sites for hydroxylation is 1. The molecule has 3 aromatic rings. The highest BCUT2D eigenvalue weighted by Gasteiger charge is 2.33. The molecule has 0 unspecified atom stereocenters. The lowest BCUT2D eigenvalue weighted by Crippen LogP contribution is -2.54. The van der Waals surface area contributed by atoms with Crippen LogP contribution in [-0.4, -0.2) is 50.0 Å². The SMILES string of the molecule is Cc1cc(Cl)ccc1N(CC(=O)N(Cc1ccc(Cl)c(Cl)c1)[C@H](Cc1ccccc1)C(=O)NC(C)C)S(C)(=O)=O. The lowest BCUT2D eigenvalue weighted by Gasteiger charge is -2.34. The molecule has 0 fully saturated rings. The van der Waals surface area contributed by atoms with Crippen molar-refractivity contribution in [2.45, 2.75) is 45.8 Å². The van der Waals surface area contributed by atoms with Crippen molar-refractivity contribution >= 4 is 62.3 Å². The number of rotatable bonds is 11. The van der Waals surface area contributed by atoms with Gasteiger partial charge in [-0.1, -0.05) is 71.2 Å². The van der Waals surface area contributed by atoms with Crippen LogP contribution in [0.5, 0.6) is 0 Å². The zero-order valence-electron chi connectivity index (χ0n) is 22.7. The first-order chi connectivity index (χ1) is 18.8. The smallest absolute Gasteiger partial charge is 0.244 e. The van der Waals surface area contributed by atoms with E-state index in [0.717, 1.165) is 16.1 Å². The highest BCUT2D eigenvalue weighted by Crippen LogP contribution is 2.27. The van der Waals surface area contributed by atoms with Crippen molar-refractivity contribution < 1.29 is 18.0 Å². The van der Waals surface area contributed by atoms with E-state index in [1.807, 2.05) is 44.2 Å². The second-order valence-corrected chi connectivity index (χ2v) is 13.0. The van der Waals surface area contributed by atoms with E-state index in [1.165, 1.54) is 4.90 Å². The van der Waals surface area contributed by atoms with Gasteiger partial charge in [0.1, 0.15) is 12.6 Å². The predicted octanol–water partition coefficient (Wildman–Crippen LogP) is 5.89. The Hall–Kier alpha value is -2.78. The molecule has 3 rings (SSSR count). The van der Waals surface area contributed by atoms with Crippen molar-refractivity contribution in [3.05, 3.63) is 98.5 Å². The zero-order chi connectivity index (χ0) is 29.6. The van der Waals surface area contributed by atoms with E-state index in [4.69, 9.17) is 34.8 Å². The van der Waals surface area contributed by atoms with Gasteiger partial charge >= 0.3 is 0 Å². The molecular formula is C29H32Cl3N3O4S. The van der Waals surface area contributed by atoms with Gasteiger partial charge in [0.15, 0.2) is 0 Å². The molecule has 3 aromatic carbocycles. The fraction of sp³-hybridized carbons (Fsp3) is 0.310. The Morgan fingerprint density at radius 3 is 2.15 bits per heavy atom. The van der Waals surface area contributed by atoms with Gasteiger partial charge in [0.25, 0.3) is 0 Å². The summed E-state index contributed by atoms with van der Waals surface area (Å²) >= 11 is 18.5. The van der Waals surface area contributed by atoms with E-state index in [2.05, 4.69) is 5.32 Å². The number of amides is 2. The topological polar surface area (TPSA) is 86.8 Å². The number of carbonyl (C=O) groups is 2. The first-order valence-electron chi connectivity index (χ1n) is 12.6. The Balaban J connectivity index is 2.09. The molecule has 1 atom stereocenters. The minimum absolute atomic E-state index is 0.00403. The molecule has 0 heterocycles. The molecule has 0 aliphatic heterocycles. The van der Waals surface area contributed by atoms with Crippen molar-refractivity contribution in [2.75, 3.05) is 17.1 Å². The van der Waals surface area contributed by atoms with Gasteiger partial charge in [0.2, 0.25) is 21.8 Å². The Kier molecular flexibility index (Phi) is 10.9. The summed E-state index contributed by atoms with van der Waals surface area (Å²) in [6.07, 6.45) is 1.25. The van der Waals surface area contributed by atoms with Crippen LogP contribution in [0, 0.1) is 6.92 Å². The third-order valence-electron chi connectivity index (χ3n) is 6.15. The molecule has 1 N–H and O–H groups in total. The lowest BCUT2D eigenvalue weighted by molar-refractivity contribution is -0.140. The van der Waals surface area contributed by atoms with Crippen molar-refractivity contribution in [1.82, 2.24) is 10.2 Å². The Morgan fingerprint density at radius 1 is 0.900 bits per heavy atom. The van der Waals surface area contributed by atoms with Gasteiger partial charge in [-0.05, 0) is 67.8 Å². The number of hydrogen-bond donors (Lipinski definition) is 1.